The zero-order valence-electron chi connectivity index (χ0n) is 17.7. The van der Waals surface area contributed by atoms with Gasteiger partial charge in [-0.05, 0) is 66.1 Å². The monoisotopic (exact) mass is 520 g/mol. The lowest BCUT2D eigenvalue weighted by molar-refractivity contribution is -0.133. The molecule has 9 heteroatoms. The lowest BCUT2D eigenvalue weighted by Crippen LogP contribution is -2.47. The predicted octanol–water partition coefficient (Wildman–Crippen LogP) is 5.38. The van der Waals surface area contributed by atoms with Gasteiger partial charge < -0.3 is 4.90 Å². The number of hydrogen-bond acceptors (Lipinski definition) is 4. The van der Waals surface area contributed by atoms with Crippen LogP contribution in [0, 0.1) is 0 Å². The Morgan fingerprint density at radius 2 is 1.82 bits per heavy atom. The van der Waals surface area contributed by atoms with E-state index in [0.29, 0.717) is 16.6 Å². The van der Waals surface area contributed by atoms with Crippen molar-refractivity contribution in [2.75, 3.05) is 13.1 Å². The van der Waals surface area contributed by atoms with Crippen LogP contribution in [0.15, 0.2) is 64.9 Å². The Labute approximate surface area is 207 Å². The van der Waals surface area contributed by atoms with Gasteiger partial charge in [-0.25, -0.2) is 8.42 Å². The third-order valence-electron chi connectivity index (χ3n) is 6.14. The first-order chi connectivity index (χ1) is 15.9. The zero-order valence-corrected chi connectivity index (χ0v) is 20.8. The van der Waals surface area contributed by atoms with Crippen molar-refractivity contribution in [1.29, 1.82) is 0 Å². The van der Waals surface area contributed by atoms with E-state index < -0.39 is 10.0 Å². The first kappa shape index (κ1) is 22.9. The lowest BCUT2D eigenvalue weighted by Gasteiger charge is -2.38. The Morgan fingerprint density at radius 1 is 1.06 bits per heavy atom. The van der Waals surface area contributed by atoms with E-state index >= 15 is 0 Å². The second-order valence-corrected chi connectivity index (χ2v) is 12.0. The van der Waals surface area contributed by atoms with Crippen molar-refractivity contribution in [3.63, 3.8) is 0 Å². The number of rotatable bonds is 6. The number of carbonyl (C=O) groups is 1. The van der Waals surface area contributed by atoms with Crippen molar-refractivity contribution in [1.82, 2.24) is 9.21 Å². The molecule has 1 fully saturated rings. The summed E-state index contributed by atoms with van der Waals surface area (Å²) in [4.78, 5) is 16.9. The number of amides is 1. The molecule has 3 aromatic rings. The van der Waals surface area contributed by atoms with Crippen LogP contribution in [0.4, 0.5) is 0 Å². The SMILES string of the molecule is O=C(CN(C1CC1)S(=O)(=O)c1ccccc1)N1CCc2sccc2C1c1ccc(Cl)cc1Cl. The highest BCUT2D eigenvalue weighted by atomic mass is 35.5. The van der Waals surface area contributed by atoms with E-state index in [9.17, 15) is 13.2 Å². The number of halogens is 2. The average Bonchev–Trinajstić information content (AvgIpc) is 3.53. The Bertz CT molecular complexity index is 1290. The molecule has 0 radical (unpaired) electrons. The standard InChI is InChI=1S/C24H22Cl2N2O3S2/c25-16-6-9-19(21(26)14-16)24-20-11-13-32-22(20)10-12-27(24)23(29)15-28(17-7-8-17)33(30,31)18-4-2-1-3-5-18/h1-6,9,11,13-14,17,24H,7-8,10,12,15H2. The molecule has 1 aliphatic carbocycles. The van der Waals surface area contributed by atoms with Crippen molar-refractivity contribution in [3.8, 4) is 0 Å². The molecule has 1 amide bonds. The van der Waals surface area contributed by atoms with Gasteiger partial charge in [-0.1, -0.05) is 47.5 Å². The fourth-order valence-corrected chi connectivity index (χ4v) is 7.44. The Morgan fingerprint density at radius 3 is 2.52 bits per heavy atom. The van der Waals surface area contributed by atoms with Crippen LogP contribution in [-0.4, -0.2) is 42.7 Å². The maximum absolute atomic E-state index is 13.7. The molecule has 2 heterocycles. The summed E-state index contributed by atoms with van der Waals surface area (Å²) in [5.41, 5.74) is 1.82. The van der Waals surface area contributed by atoms with Crippen LogP contribution >= 0.6 is 34.5 Å². The van der Waals surface area contributed by atoms with Crippen LogP contribution in [0.1, 0.15) is 34.9 Å². The minimum atomic E-state index is -3.77. The molecule has 5 nitrogen and oxygen atoms in total. The lowest BCUT2D eigenvalue weighted by atomic mass is 9.93. The second-order valence-electron chi connectivity index (χ2n) is 8.30. The molecule has 1 unspecified atom stereocenters. The van der Waals surface area contributed by atoms with Crippen molar-refractivity contribution in [2.24, 2.45) is 0 Å². The smallest absolute Gasteiger partial charge is 0.243 e. The molecule has 2 aliphatic rings. The number of fused-ring (bicyclic) bond motifs is 1. The molecule has 2 aromatic carbocycles. The highest BCUT2D eigenvalue weighted by Gasteiger charge is 2.42. The first-order valence-electron chi connectivity index (χ1n) is 10.7. The van der Waals surface area contributed by atoms with Crippen LogP contribution in [0.5, 0.6) is 0 Å². The summed E-state index contributed by atoms with van der Waals surface area (Å²) in [6.07, 6.45) is 2.26. The van der Waals surface area contributed by atoms with Gasteiger partial charge in [-0.15, -0.1) is 11.3 Å². The van der Waals surface area contributed by atoms with Crippen molar-refractivity contribution in [3.05, 3.63) is 86.0 Å². The Balaban J connectivity index is 1.49. The van der Waals surface area contributed by atoms with Crippen LogP contribution in [0.25, 0.3) is 0 Å². The molecule has 1 aromatic heterocycles. The summed E-state index contributed by atoms with van der Waals surface area (Å²) in [7, 11) is -3.77. The molecular weight excluding hydrogens is 499 g/mol. The minimum Gasteiger partial charge on any atom is -0.330 e. The highest BCUT2D eigenvalue weighted by Crippen LogP contribution is 2.41. The topological polar surface area (TPSA) is 57.7 Å². The molecule has 1 saturated carbocycles. The number of carbonyl (C=O) groups excluding carboxylic acids is 1. The van der Waals surface area contributed by atoms with E-state index in [2.05, 4.69) is 0 Å². The van der Waals surface area contributed by atoms with E-state index in [4.69, 9.17) is 23.2 Å². The van der Waals surface area contributed by atoms with E-state index in [1.54, 1.807) is 58.7 Å². The molecule has 0 saturated heterocycles. The van der Waals surface area contributed by atoms with E-state index in [-0.39, 0.29) is 29.4 Å². The van der Waals surface area contributed by atoms with Crippen LogP contribution in [0.2, 0.25) is 10.0 Å². The molecule has 0 N–H and O–H groups in total. The van der Waals surface area contributed by atoms with Gasteiger partial charge >= 0.3 is 0 Å². The molecule has 0 spiro atoms. The number of nitrogens with zero attached hydrogens (tertiary/aromatic N) is 2. The van der Waals surface area contributed by atoms with E-state index in [0.717, 1.165) is 30.4 Å². The summed E-state index contributed by atoms with van der Waals surface area (Å²) < 4.78 is 28.1. The summed E-state index contributed by atoms with van der Waals surface area (Å²) >= 11 is 14.3. The summed E-state index contributed by atoms with van der Waals surface area (Å²) in [5.74, 6) is -0.228. The van der Waals surface area contributed by atoms with Gasteiger partial charge in [0.05, 0.1) is 17.5 Å². The predicted molar refractivity (Wildman–Crippen MR) is 131 cm³/mol. The largest absolute Gasteiger partial charge is 0.330 e. The quantitative estimate of drug-likeness (QED) is 0.438. The van der Waals surface area contributed by atoms with Gasteiger partial charge in [0, 0.05) is 27.5 Å². The maximum atomic E-state index is 13.7. The summed E-state index contributed by atoms with van der Waals surface area (Å²) in [6, 6.07) is 15.1. The van der Waals surface area contributed by atoms with Gasteiger partial charge in [-0.2, -0.15) is 4.31 Å². The van der Waals surface area contributed by atoms with Gasteiger partial charge in [0.2, 0.25) is 15.9 Å². The Hall–Kier alpha value is -1.90. The average molecular weight is 521 g/mol. The fraction of sp³-hybridized carbons (Fsp3) is 0.292. The van der Waals surface area contributed by atoms with Crippen LogP contribution in [-0.2, 0) is 21.2 Å². The maximum Gasteiger partial charge on any atom is 0.243 e. The Kier molecular flexibility index (Phi) is 6.27. The first-order valence-corrected chi connectivity index (χ1v) is 13.8. The van der Waals surface area contributed by atoms with Crippen LogP contribution < -0.4 is 0 Å². The van der Waals surface area contributed by atoms with Gasteiger partial charge in [0.1, 0.15) is 0 Å². The minimum absolute atomic E-state index is 0.141. The van der Waals surface area contributed by atoms with E-state index in [1.807, 2.05) is 17.5 Å². The number of thiophene rings is 1. The van der Waals surface area contributed by atoms with Crippen LogP contribution in [0.3, 0.4) is 0 Å². The molecular formula is C24H22Cl2N2O3S2. The normalized spacial score (nSPS) is 18.4. The molecule has 33 heavy (non-hydrogen) atoms. The fourth-order valence-electron chi connectivity index (χ4n) is 4.37. The third-order valence-corrected chi connectivity index (χ3v) is 9.61. The molecule has 1 aliphatic heterocycles. The summed E-state index contributed by atoms with van der Waals surface area (Å²) in [5, 5.41) is 3.03. The second kappa shape index (κ2) is 9.04. The van der Waals surface area contributed by atoms with Crippen molar-refractivity contribution < 1.29 is 13.2 Å². The number of hydrogen-bond donors (Lipinski definition) is 0. The zero-order chi connectivity index (χ0) is 23.2. The van der Waals surface area contributed by atoms with Gasteiger partial charge in [0.25, 0.3) is 0 Å². The van der Waals surface area contributed by atoms with Gasteiger partial charge in [-0.3, -0.25) is 4.79 Å². The van der Waals surface area contributed by atoms with Crippen molar-refractivity contribution in [2.45, 2.75) is 36.2 Å². The van der Waals surface area contributed by atoms with E-state index in [1.165, 1.54) is 9.18 Å². The molecule has 1 atom stereocenters. The van der Waals surface area contributed by atoms with Crippen molar-refractivity contribution >= 4 is 50.5 Å². The number of benzene rings is 2. The summed E-state index contributed by atoms with van der Waals surface area (Å²) in [6.45, 7) is 0.308. The number of sulfonamides is 1. The highest BCUT2D eigenvalue weighted by molar-refractivity contribution is 7.89. The molecule has 5 rings (SSSR count). The third kappa shape index (κ3) is 4.45. The molecule has 0 bridgehead atoms. The molecule has 172 valence electrons. The van der Waals surface area contributed by atoms with Gasteiger partial charge in [0.15, 0.2) is 0 Å².